The van der Waals surface area contributed by atoms with E-state index in [-0.39, 0.29) is 0 Å². The maximum Gasteiger partial charge on any atom is 0.217 e. The third kappa shape index (κ3) is 3.65. The average Bonchev–Trinajstić information content (AvgIpc) is 2.61. The molecule has 0 radical (unpaired) electrons. The lowest BCUT2D eigenvalue weighted by molar-refractivity contribution is 0.0320. The van der Waals surface area contributed by atoms with Crippen molar-refractivity contribution in [2.45, 2.75) is 0 Å². The molecule has 2 aromatic rings. The molecule has 2 heterocycles. The third-order valence-corrected chi connectivity index (χ3v) is 3.94. The standard InChI is InChI=1S/C17H22N2O4/c1-20-14-5-3-4-13-15(21-2)12-16(18-17(13)14)23-11-8-19-6-9-22-10-7-19/h3-5,12H,6-11H2,1-2H3. The van der Waals surface area contributed by atoms with Crippen molar-refractivity contribution in [1.29, 1.82) is 0 Å². The molecule has 124 valence electrons. The van der Waals surface area contributed by atoms with Gasteiger partial charge in [0.15, 0.2) is 0 Å². The van der Waals surface area contributed by atoms with Gasteiger partial charge in [0.05, 0.1) is 27.4 Å². The van der Waals surface area contributed by atoms with Crippen LogP contribution in [0.2, 0.25) is 0 Å². The van der Waals surface area contributed by atoms with E-state index in [4.69, 9.17) is 18.9 Å². The van der Waals surface area contributed by atoms with E-state index in [1.807, 2.05) is 24.3 Å². The molecule has 0 N–H and O–H groups in total. The van der Waals surface area contributed by atoms with Crippen molar-refractivity contribution in [3.8, 4) is 17.4 Å². The molecular formula is C17H22N2O4. The Balaban J connectivity index is 1.75. The monoisotopic (exact) mass is 318 g/mol. The molecule has 0 atom stereocenters. The molecule has 1 aromatic heterocycles. The summed E-state index contributed by atoms with van der Waals surface area (Å²) in [7, 11) is 3.28. The van der Waals surface area contributed by atoms with Crippen LogP contribution in [0.4, 0.5) is 0 Å². The molecule has 23 heavy (non-hydrogen) atoms. The van der Waals surface area contributed by atoms with Crippen molar-refractivity contribution in [3.63, 3.8) is 0 Å². The first-order chi connectivity index (χ1) is 11.3. The first kappa shape index (κ1) is 15.8. The molecule has 6 heteroatoms. The molecule has 1 fully saturated rings. The van der Waals surface area contributed by atoms with Gasteiger partial charge in [0.2, 0.25) is 5.88 Å². The fourth-order valence-electron chi connectivity index (χ4n) is 2.68. The highest BCUT2D eigenvalue weighted by atomic mass is 16.5. The van der Waals surface area contributed by atoms with Gasteiger partial charge in [0.25, 0.3) is 0 Å². The fourth-order valence-corrected chi connectivity index (χ4v) is 2.68. The van der Waals surface area contributed by atoms with Crippen LogP contribution in [-0.2, 0) is 4.74 Å². The zero-order valence-corrected chi connectivity index (χ0v) is 13.6. The minimum Gasteiger partial charge on any atom is -0.496 e. The number of para-hydroxylation sites is 1. The molecule has 0 amide bonds. The number of benzene rings is 1. The highest BCUT2D eigenvalue weighted by Crippen LogP contribution is 2.33. The topological polar surface area (TPSA) is 53.1 Å². The van der Waals surface area contributed by atoms with Crippen LogP contribution in [0.15, 0.2) is 24.3 Å². The van der Waals surface area contributed by atoms with Crippen LogP contribution in [0, 0.1) is 0 Å². The van der Waals surface area contributed by atoms with Crippen LogP contribution >= 0.6 is 0 Å². The third-order valence-electron chi connectivity index (χ3n) is 3.94. The first-order valence-electron chi connectivity index (χ1n) is 7.76. The Bertz CT molecular complexity index is 656. The van der Waals surface area contributed by atoms with Crippen molar-refractivity contribution >= 4 is 10.9 Å². The van der Waals surface area contributed by atoms with Crippen LogP contribution < -0.4 is 14.2 Å². The summed E-state index contributed by atoms with van der Waals surface area (Å²) in [5.41, 5.74) is 0.746. The van der Waals surface area contributed by atoms with Gasteiger partial charge >= 0.3 is 0 Å². The number of pyridine rings is 1. The van der Waals surface area contributed by atoms with E-state index >= 15 is 0 Å². The van der Waals surface area contributed by atoms with Crippen LogP contribution in [0.5, 0.6) is 17.4 Å². The minimum atomic E-state index is 0.548. The van der Waals surface area contributed by atoms with E-state index < -0.39 is 0 Å². The molecule has 0 spiro atoms. The summed E-state index contributed by atoms with van der Waals surface area (Å²) < 4.78 is 22.0. The number of hydrogen-bond donors (Lipinski definition) is 0. The van der Waals surface area contributed by atoms with Gasteiger partial charge in [0, 0.05) is 31.1 Å². The molecule has 0 unspecified atom stereocenters. The Morgan fingerprint density at radius 1 is 1.13 bits per heavy atom. The normalized spacial score (nSPS) is 15.6. The summed E-state index contributed by atoms with van der Waals surface area (Å²) in [6.07, 6.45) is 0. The Morgan fingerprint density at radius 3 is 2.65 bits per heavy atom. The van der Waals surface area contributed by atoms with Gasteiger partial charge in [-0.1, -0.05) is 6.07 Å². The number of morpholine rings is 1. The van der Waals surface area contributed by atoms with E-state index in [1.54, 1.807) is 14.2 Å². The van der Waals surface area contributed by atoms with E-state index in [0.717, 1.165) is 49.5 Å². The smallest absolute Gasteiger partial charge is 0.217 e. The average molecular weight is 318 g/mol. The van der Waals surface area contributed by atoms with Gasteiger partial charge in [-0.3, -0.25) is 4.90 Å². The largest absolute Gasteiger partial charge is 0.496 e. The number of fused-ring (bicyclic) bond motifs is 1. The molecule has 1 aromatic carbocycles. The molecular weight excluding hydrogens is 296 g/mol. The van der Waals surface area contributed by atoms with Crippen LogP contribution in [-0.4, -0.2) is 63.6 Å². The summed E-state index contributed by atoms with van der Waals surface area (Å²) in [6, 6.07) is 7.58. The van der Waals surface area contributed by atoms with E-state index in [9.17, 15) is 0 Å². The molecule has 1 aliphatic heterocycles. The fraction of sp³-hybridized carbons (Fsp3) is 0.471. The SMILES string of the molecule is COc1cc(OCCN2CCOCC2)nc2c(OC)cccc12. The van der Waals surface area contributed by atoms with Gasteiger partial charge in [-0.05, 0) is 12.1 Å². The maximum absolute atomic E-state index is 5.83. The second-order valence-electron chi connectivity index (χ2n) is 5.32. The van der Waals surface area contributed by atoms with E-state index in [2.05, 4.69) is 9.88 Å². The summed E-state index contributed by atoms with van der Waals surface area (Å²) in [5.74, 6) is 1.99. The maximum atomic E-state index is 5.83. The Labute approximate surface area is 135 Å². The highest BCUT2D eigenvalue weighted by Gasteiger charge is 2.13. The Kier molecular flexibility index (Phi) is 5.15. The van der Waals surface area contributed by atoms with Crippen LogP contribution in [0.1, 0.15) is 0 Å². The van der Waals surface area contributed by atoms with Gasteiger partial charge < -0.3 is 18.9 Å². The summed E-state index contributed by atoms with van der Waals surface area (Å²) >= 11 is 0. The number of methoxy groups -OCH3 is 2. The number of ether oxygens (including phenoxy) is 4. The predicted octanol–water partition coefficient (Wildman–Crippen LogP) is 1.96. The molecule has 3 rings (SSSR count). The predicted molar refractivity (Wildman–Crippen MR) is 87.6 cm³/mol. The lowest BCUT2D eigenvalue weighted by Crippen LogP contribution is -2.38. The molecule has 1 saturated heterocycles. The second-order valence-corrected chi connectivity index (χ2v) is 5.32. The van der Waals surface area contributed by atoms with Crippen molar-refractivity contribution in [3.05, 3.63) is 24.3 Å². The molecule has 0 bridgehead atoms. The molecule has 0 saturated carbocycles. The lowest BCUT2D eigenvalue weighted by Gasteiger charge is -2.26. The number of hydrogen-bond acceptors (Lipinski definition) is 6. The van der Waals surface area contributed by atoms with Crippen molar-refractivity contribution < 1.29 is 18.9 Å². The minimum absolute atomic E-state index is 0.548. The van der Waals surface area contributed by atoms with Gasteiger partial charge in [-0.25, -0.2) is 4.98 Å². The quantitative estimate of drug-likeness (QED) is 0.811. The van der Waals surface area contributed by atoms with Crippen molar-refractivity contribution in [2.24, 2.45) is 0 Å². The zero-order valence-electron chi connectivity index (χ0n) is 13.6. The Hall–Kier alpha value is -2.05. The molecule has 1 aliphatic rings. The summed E-state index contributed by atoms with van der Waals surface area (Å²) in [4.78, 5) is 6.89. The Morgan fingerprint density at radius 2 is 1.91 bits per heavy atom. The van der Waals surface area contributed by atoms with Crippen LogP contribution in [0.25, 0.3) is 10.9 Å². The van der Waals surface area contributed by atoms with Crippen LogP contribution in [0.3, 0.4) is 0 Å². The number of rotatable bonds is 6. The first-order valence-corrected chi connectivity index (χ1v) is 7.76. The van der Waals surface area contributed by atoms with Gasteiger partial charge in [-0.15, -0.1) is 0 Å². The van der Waals surface area contributed by atoms with Crippen molar-refractivity contribution in [1.82, 2.24) is 9.88 Å². The summed E-state index contributed by atoms with van der Waals surface area (Å²) in [5, 5.41) is 0.910. The van der Waals surface area contributed by atoms with Gasteiger partial charge in [0.1, 0.15) is 23.6 Å². The van der Waals surface area contributed by atoms with Gasteiger partial charge in [-0.2, -0.15) is 0 Å². The number of aromatic nitrogens is 1. The highest BCUT2D eigenvalue weighted by molar-refractivity contribution is 5.90. The molecule has 6 nitrogen and oxygen atoms in total. The van der Waals surface area contributed by atoms with E-state index in [1.165, 1.54) is 0 Å². The van der Waals surface area contributed by atoms with E-state index in [0.29, 0.717) is 18.2 Å². The summed E-state index contributed by atoms with van der Waals surface area (Å²) in [6.45, 7) is 4.92. The number of nitrogens with zero attached hydrogens (tertiary/aromatic N) is 2. The zero-order chi connectivity index (χ0) is 16.1. The van der Waals surface area contributed by atoms with Crippen molar-refractivity contribution in [2.75, 3.05) is 53.7 Å². The second kappa shape index (κ2) is 7.48. The lowest BCUT2D eigenvalue weighted by atomic mass is 10.2. The molecule has 0 aliphatic carbocycles.